The van der Waals surface area contributed by atoms with E-state index in [1.54, 1.807) is 0 Å². The molecule has 1 aliphatic heterocycles. The highest BCUT2D eigenvalue weighted by molar-refractivity contribution is 5.94. The van der Waals surface area contributed by atoms with Gasteiger partial charge in [-0.1, -0.05) is 6.07 Å². The van der Waals surface area contributed by atoms with Crippen molar-refractivity contribution < 1.29 is 19.0 Å². The molecule has 5 heteroatoms. The molecule has 1 aromatic rings. The summed E-state index contributed by atoms with van der Waals surface area (Å²) in [4.78, 5) is 10.9. The van der Waals surface area contributed by atoms with Gasteiger partial charge in [0.05, 0.1) is 17.9 Å². The topological polar surface area (TPSA) is 58.6 Å². The van der Waals surface area contributed by atoms with Crippen molar-refractivity contribution in [2.45, 2.75) is 6.42 Å². The van der Waals surface area contributed by atoms with Crippen LogP contribution in [0, 0.1) is 11.7 Å². The Hall–Kier alpha value is -1.62. The number of aromatic carboxylic acids is 1. The predicted octanol–water partition coefficient (Wildman–Crippen LogP) is 1.97. The second-order valence-electron chi connectivity index (χ2n) is 4.08. The van der Waals surface area contributed by atoms with Crippen LogP contribution in [0.5, 0.6) is 0 Å². The summed E-state index contributed by atoms with van der Waals surface area (Å²) in [5.74, 6) is -1.35. The Morgan fingerprint density at radius 3 is 3.06 bits per heavy atom. The van der Waals surface area contributed by atoms with Crippen LogP contribution in [0.1, 0.15) is 16.8 Å². The average Bonchev–Trinajstić information content (AvgIpc) is 2.80. The largest absolute Gasteiger partial charge is 0.478 e. The van der Waals surface area contributed by atoms with E-state index in [4.69, 9.17) is 9.84 Å². The fourth-order valence-electron chi connectivity index (χ4n) is 1.87. The molecule has 92 valence electrons. The fourth-order valence-corrected chi connectivity index (χ4v) is 1.87. The van der Waals surface area contributed by atoms with Crippen LogP contribution in [0.15, 0.2) is 18.2 Å². The number of carboxylic acids is 1. The van der Waals surface area contributed by atoms with Gasteiger partial charge in [-0.3, -0.25) is 0 Å². The van der Waals surface area contributed by atoms with Gasteiger partial charge in [-0.25, -0.2) is 9.18 Å². The molecule has 0 aromatic heterocycles. The van der Waals surface area contributed by atoms with E-state index in [1.807, 2.05) is 0 Å². The molecule has 2 rings (SSSR count). The van der Waals surface area contributed by atoms with Crippen LogP contribution in [-0.4, -0.2) is 30.8 Å². The normalized spacial score (nSPS) is 19.2. The number of ether oxygens (including phenoxy) is 1. The smallest absolute Gasteiger partial charge is 0.337 e. The van der Waals surface area contributed by atoms with Gasteiger partial charge in [0, 0.05) is 19.1 Å². The average molecular weight is 239 g/mol. The van der Waals surface area contributed by atoms with E-state index < -0.39 is 11.8 Å². The number of halogens is 1. The van der Waals surface area contributed by atoms with Crippen molar-refractivity contribution in [2.75, 3.05) is 25.1 Å². The number of para-hydroxylation sites is 1. The highest BCUT2D eigenvalue weighted by atomic mass is 19.1. The van der Waals surface area contributed by atoms with Crippen molar-refractivity contribution >= 4 is 11.7 Å². The SMILES string of the molecule is O=C(O)c1cccc(F)c1NCC1CCOC1. The number of hydrogen-bond acceptors (Lipinski definition) is 3. The third-order valence-corrected chi connectivity index (χ3v) is 2.84. The summed E-state index contributed by atoms with van der Waals surface area (Å²) < 4.78 is 18.7. The highest BCUT2D eigenvalue weighted by Crippen LogP contribution is 2.21. The summed E-state index contributed by atoms with van der Waals surface area (Å²) in [6, 6.07) is 4.03. The summed E-state index contributed by atoms with van der Waals surface area (Å²) in [5, 5.41) is 11.8. The minimum atomic E-state index is -1.13. The van der Waals surface area contributed by atoms with Crippen LogP contribution in [0.3, 0.4) is 0 Å². The van der Waals surface area contributed by atoms with Crippen molar-refractivity contribution in [3.8, 4) is 0 Å². The van der Waals surface area contributed by atoms with Crippen LogP contribution in [0.25, 0.3) is 0 Å². The molecule has 1 fully saturated rings. The zero-order chi connectivity index (χ0) is 12.3. The minimum absolute atomic E-state index is 0.0380. The summed E-state index contributed by atoms with van der Waals surface area (Å²) >= 11 is 0. The van der Waals surface area contributed by atoms with Crippen molar-refractivity contribution in [3.63, 3.8) is 0 Å². The molecule has 17 heavy (non-hydrogen) atoms. The Balaban J connectivity index is 2.10. The van der Waals surface area contributed by atoms with E-state index in [-0.39, 0.29) is 11.3 Å². The first kappa shape index (κ1) is 11.9. The molecule has 1 saturated heterocycles. The quantitative estimate of drug-likeness (QED) is 0.843. The Labute approximate surface area is 98.4 Å². The maximum Gasteiger partial charge on any atom is 0.337 e. The molecule has 0 saturated carbocycles. The van der Waals surface area contributed by atoms with Crippen molar-refractivity contribution in [1.29, 1.82) is 0 Å². The number of carbonyl (C=O) groups is 1. The van der Waals surface area contributed by atoms with Gasteiger partial charge in [0.25, 0.3) is 0 Å². The predicted molar refractivity (Wildman–Crippen MR) is 60.8 cm³/mol. The molecule has 0 spiro atoms. The molecule has 1 aliphatic rings. The first-order valence-corrected chi connectivity index (χ1v) is 5.52. The zero-order valence-electron chi connectivity index (χ0n) is 9.28. The van der Waals surface area contributed by atoms with Crippen molar-refractivity contribution in [2.24, 2.45) is 5.92 Å². The van der Waals surface area contributed by atoms with E-state index in [0.29, 0.717) is 19.1 Å². The second-order valence-corrected chi connectivity index (χ2v) is 4.08. The van der Waals surface area contributed by atoms with Gasteiger partial charge in [-0.05, 0) is 18.6 Å². The van der Waals surface area contributed by atoms with Crippen molar-refractivity contribution in [3.05, 3.63) is 29.6 Å². The molecule has 2 N–H and O–H groups in total. The third kappa shape index (κ3) is 2.74. The number of nitrogens with one attached hydrogen (secondary N) is 1. The van der Waals surface area contributed by atoms with E-state index in [0.717, 1.165) is 13.0 Å². The lowest BCUT2D eigenvalue weighted by atomic mass is 10.1. The number of rotatable bonds is 4. The van der Waals surface area contributed by atoms with Gasteiger partial charge in [0.1, 0.15) is 5.82 Å². The summed E-state index contributed by atoms with van der Waals surface area (Å²) in [6.07, 6.45) is 0.920. The van der Waals surface area contributed by atoms with Gasteiger partial charge >= 0.3 is 5.97 Å². The van der Waals surface area contributed by atoms with E-state index >= 15 is 0 Å². The molecular formula is C12H14FNO3. The van der Waals surface area contributed by atoms with Crippen LogP contribution >= 0.6 is 0 Å². The standard InChI is InChI=1S/C12H14FNO3/c13-10-3-1-2-9(12(15)16)11(10)14-6-8-4-5-17-7-8/h1-3,8,14H,4-7H2,(H,15,16). The summed E-state index contributed by atoms with van der Waals surface area (Å²) in [7, 11) is 0. The van der Waals surface area contributed by atoms with Gasteiger partial charge in [0.2, 0.25) is 0 Å². The molecular weight excluding hydrogens is 225 g/mol. The monoisotopic (exact) mass is 239 g/mol. The number of benzene rings is 1. The Bertz CT molecular complexity index is 416. The Morgan fingerprint density at radius 2 is 2.41 bits per heavy atom. The van der Waals surface area contributed by atoms with Crippen LogP contribution in [0.2, 0.25) is 0 Å². The molecule has 0 amide bonds. The van der Waals surface area contributed by atoms with Gasteiger partial charge in [0.15, 0.2) is 0 Å². The van der Waals surface area contributed by atoms with Gasteiger partial charge in [-0.15, -0.1) is 0 Å². The lowest BCUT2D eigenvalue weighted by molar-refractivity contribution is 0.0697. The van der Waals surface area contributed by atoms with E-state index in [1.165, 1.54) is 18.2 Å². The second kappa shape index (κ2) is 5.14. The number of hydrogen-bond donors (Lipinski definition) is 2. The maximum absolute atomic E-state index is 13.5. The summed E-state index contributed by atoms with van der Waals surface area (Å²) in [5.41, 5.74) is 0.0239. The van der Waals surface area contributed by atoms with E-state index in [9.17, 15) is 9.18 Å². The van der Waals surface area contributed by atoms with Crippen LogP contribution < -0.4 is 5.32 Å². The van der Waals surface area contributed by atoms with Crippen LogP contribution in [-0.2, 0) is 4.74 Å². The van der Waals surface area contributed by atoms with Crippen LogP contribution in [0.4, 0.5) is 10.1 Å². The van der Waals surface area contributed by atoms with Gasteiger partial charge < -0.3 is 15.2 Å². The first-order chi connectivity index (χ1) is 8.18. The molecule has 1 aromatic carbocycles. The lowest BCUT2D eigenvalue weighted by Gasteiger charge is -2.13. The molecule has 1 heterocycles. The number of carboxylic acid groups (broad SMARTS) is 1. The third-order valence-electron chi connectivity index (χ3n) is 2.84. The highest BCUT2D eigenvalue weighted by Gasteiger charge is 2.18. The van der Waals surface area contributed by atoms with E-state index in [2.05, 4.69) is 5.32 Å². The molecule has 4 nitrogen and oxygen atoms in total. The zero-order valence-corrected chi connectivity index (χ0v) is 9.28. The minimum Gasteiger partial charge on any atom is -0.478 e. The molecule has 0 radical (unpaired) electrons. The molecule has 1 atom stereocenters. The Morgan fingerprint density at radius 1 is 1.59 bits per heavy atom. The lowest BCUT2D eigenvalue weighted by Crippen LogP contribution is -2.17. The van der Waals surface area contributed by atoms with Gasteiger partial charge in [-0.2, -0.15) is 0 Å². The molecule has 1 unspecified atom stereocenters. The molecule has 0 bridgehead atoms. The molecule has 0 aliphatic carbocycles. The maximum atomic E-state index is 13.5. The summed E-state index contributed by atoms with van der Waals surface area (Å²) in [6.45, 7) is 1.89. The number of anilines is 1. The first-order valence-electron chi connectivity index (χ1n) is 5.52. The Kier molecular flexibility index (Phi) is 3.58. The fraction of sp³-hybridized carbons (Fsp3) is 0.417. The van der Waals surface area contributed by atoms with Crippen molar-refractivity contribution in [1.82, 2.24) is 0 Å².